The lowest BCUT2D eigenvalue weighted by Gasteiger charge is -2.12. The van der Waals surface area contributed by atoms with Gasteiger partial charge >= 0.3 is 11.9 Å². The molecule has 0 aliphatic carbocycles. The number of carbonyl (C=O) groups is 2. The van der Waals surface area contributed by atoms with Crippen molar-refractivity contribution in [3.05, 3.63) is 0 Å². The fraction of sp³-hybridized carbons (Fsp3) is 0.939. The summed E-state index contributed by atoms with van der Waals surface area (Å²) < 4.78 is 5.35. The molecule has 0 aromatic carbocycles. The van der Waals surface area contributed by atoms with Crippen LogP contribution in [0.25, 0.3) is 0 Å². The number of rotatable bonds is 30. The van der Waals surface area contributed by atoms with Gasteiger partial charge in [-0.1, -0.05) is 155 Å². The van der Waals surface area contributed by atoms with Crippen LogP contribution in [0.4, 0.5) is 0 Å². The van der Waals surface area contributed by atoms with Crippen LogP contribution in [-0.2, 0) is 14.3 Å². The van der Waals surface area contributed by atoms with Gasteiger partial charge in [0.1, 0.15) is 0 Å². The highest BCUT2D eigenvalue weighted by Crippen LogP contribution is 2.16. The number of hydrogen-bond donors (Lipinski definition) is 1. The topological polar surface area (TPSA) is 63.6 Å². The Morgan fingerprint density at radius 3 is 1.16 bits per heavy atom. The molecule has 0 rings (SSSR count). The zero-order valence-corrected chi connectivity index (χ0v) is 25.0. The summed E-state index contributed by atoms with van der Waals surface area (Å²) in [5, 5.41) is 8.65. The highest BCUT2D eigenvalue weighted by Gasteiger charge is 2.10. The molecule has 220 valence electrons. The molecule has 1 atom stereocenters. The van der Waals surface area contributed by atoms with Crippen molar-refractivity contribution < 1.29 is 19.4 Å². The predicted octanol–water partition coefficient (Wildman–Crippen LogP) is 10.9. The summed E-state index contributed by atoms with van der Waals surface area (Å²) in [6.45, 7) is 4.14. The van der Waals surface area contributed by atoms with Crippen LogP contribution in [0.2, 0.25) is 0 Å². The third kappa shape index (κ3) is 31.1. The lowest BCUT2D eigenvalue weighted by Crippen LogP contribution is -2.15. The molecule has 0 amide bonds. The molecule has 4 heteroatoms. The minimum absolute atomic E-state index is 0.137. The molecule has 4 nitrogen and oxygen atoms in total. The van der Waals surface area contributed by atoms with Crippen molar-refractivity contribution in [3.8, 4) is 0 Å². The number of ether oxygens (including phenoxy) is 1. The summed E-state index contributed by atoms with van der Waals surface area (Å²) in [5.41, 5.74) is 0. The van der Waals surface area contributed by atoms with Gasteiger partial charge in [-0.15, -0.1) is 0 Å². The maximum Gasteiger partial charge on any atom is 0.306 e. The SMILES string of the molecule is CCCCCCCCCCCCCCCCCCCCCCCCCCC(=O)OC(C)CCCC(=O)O. The summed E-state index contributed by atoms with van der Waals surface area (Å²) in [5.74, 6) is -0.930. The second-order valence-corrected chi connectivity index (χ2v) is 11.5. The number of carboxylic acid groups (broad SMARTS) is 1. The van der Waals surface area contributed by atoms with Crippen molar-refractivity contribution in [1.29, 1.82) is 0 Å². The number of hydrogen-bond acceptors (Lipinski definition) is 3. The largest absolute Gasteiger partial charge is 0.481 e. The van der Waals surface area contributed by atoms with Crippen LogP contribution >= 0.6 is 0 Å². The molecule has 1 N–H and O–H groups in total. The van der Waals surface area contributed by atoms with Crippen molar-refractivity contribution in [2.45, 2.75) is 200 Å². The number of carboxylic acids is 1. The molecule has 0 bridgehead atoms. The van der Waals surface area contributed by atoms with E-state index < -0.39 is 5.97 Å². The molecule has 0 aromatic heterocycles. The molecule has 37 heavy (non-hydrogen) atoms. The van der Waals surface area contributed by atoms with Gasteiger partial charge in [0.25, 0.3) is 0 Å². The summed E-state index contributed by atoms with van der Waals surface area (Å²) in [7, 11) is 0. The molecule has 0 saturated carbocycles. The monoisotopic (exact) mass is 524 g/mol. The van der Waals surface area contributed by atoms with Crippen LogP contribution in [0.15, 0.2) is 0 Å². The number of carbonyl (C=O) groups excluding carboxylic acids is 1. The minimum atomic E-state index is -0.793. The van der Waals surface area contributed by atoms with Crippen molar-refractivity contribution in [2.24, 2.45) is 0 Å². The highest BCUT2D eigenvalue weighted by molar-refractivity contribution is 5.69. The third-order valence-electron chi connectivity index (χ3n) is 7.57. The summed E-state index contributed by atoms with van der Waals surface area (Å²) in [6, 6.07) is 0. The summed E-state index contributed by atoms with van der Waals surface area (Å²) in [4.78, 5) is 22.4. The van der Waals surface area contributed by atoms with Gasteiger partial charge in [0, 0.05) is 12.8 Å². The second-order valence-electron chi connectivity index (χ2n) is 11.5. The standard InChI is InChI=1S/C33H64O4/c1-3-4-5-6-7-8-9-10-11-12-13-14-15-16-17-18-19-20-21-22-23-24-25-26-30-33(36)37-31(2)28-27-29-32(34)35/h31H,3-30H2,1-2H3,(H,34,35). The zero-order valence-electron chi connectivity index (χ0n) is 25.0. The molecule has 0 heterocycles. The van der Waals surface area contributed by atoms with E-state index in [9.17, 15) is 9.59 Å². The first kappa shape index (κ1) is 35.9. The molecule has 0 saturated heterocycles. The van der Waals surface area contributed by atoms with E-state index in [4.69, 9.17) is 9.84 Å². The Balaban J connectivity index is 3.18. The summed E-state index contributed by atoms with van der Waals surface area (Å²) >= 11 is 0. The Kier molecular flexibility index (Phi) is 28.7. The van der Waals surface area contributed by atoms with E-state index in [-0.39, 0.29) is 18.5 Å². The minimum Gasteiger partial charge on any atom is -0.481 e. The fourth-order valence-corrected chi connectivity index (χ4v) is 5.11. The van der Waals surface area contributed by atoms with Gasteiger partial charge in [-0.3, -0.25) is 9.59 Å². The Morgan fingerprint density at radius 1 is 0.514 bits per heavy atom. The van der Waals surface area contributed by atoms with Gasteiger partial charge in [0.15, 0.2) is 0 Å². The first-order valence-corrected chi connectivity index (χ1v) is 16.5. The maximum absolute atomic E-state index is 11.8. The molecule has 0 aromatic rings. The van der Waals surface area contributed by atoms with Crippen LogP contribution in [0, 0.1) is 0 Å². The van der Waals surface area contributed by atoms with Crippen molar-refractivity contribution in [1.82, 2.24) is 0 Å². The average molecular weight is 525 g/mol. The van der Waals surface area contributed by atoms with Crippen LogP contribution in [0.1, 0.15) is 194 Å². The van der Waals surface area contributed by atoms with Gasteiger partial charge in [-0.25, -0.2) is 0 Å². The lowest BCUT2D eigenvalue weighted by molar-refractivity contribution is -0.148. The van der Waals surface area contributed by atoms with E-state index in [0.29, 0.717) is 19.3 Å². The van der Waals surface area contributed by atoms with Gasteiger partial charge in [-0.05, 0) is 26.2 Å². The fourth-order valence-electron chi connectivity index (χ4n) is 5.11. The Bertz CT molecular complexity index is 491. The van der Waals surface area contributed by atoms with Crippen LogP contribution in [0.3, 0.4) is 0 Å². The number of esters is 1. The first-order valence-electron chi connectivity index (χ1n) is 16.5. The quantitative estimate of drug-likeness (QED) is 0.0749. The van der Waals surface area contributed by atoms with Crippen LogP contribution in [0.5, 0.6) is 0 Å². The van der Waals surface area contributed by atoms with E-state index in [2.05, 4.69) is 6.92 Å². The van der Waals surface area contributed by atoms with E-state index in [1.54, 1.807) is 0 Å². The molecule has 0 aliphatic rings. The van der Waals surface area contributed by atoms with Gasteiger partial charge in [0.2, 0.25) is 0 Å². The first-order chi connectivity index (χ1) is 18.1. The molecule has 0 fully saturated rings. The van der Waals surface area contributed by atoms with Crippen LogP contribution < -0.4 is 0 Å². The highest BCUT2D eigenvalue weighted by atomic mass is 16.5. The van der Waals surface area contributed by atoms with E-state index in [1.807, 2.05) is 6.92 Å². The maximum atomic E-state index is 11.8. The Labute approximate surface area is 231 Å². The van der Waals surface area contributed by atoms with Gasteiger partial charge < -0.3 is 9.84 Å². The summed E-state index contributed by atoms with van der Waals surface area (Å²) in [6.07, 6.45) is 34.6. The smallest absolute Gasteiger partial charge is 0.306 e. The van der Waals surface area contributed by atoms with Gasteiger partial charge in [0.05, 0.1) is 6.10 Å². The lowest BCUT2D eigenvalue weighted by atomic mass is 10.0. The normalized spacial score (nSPS) is 12.1. The number of aliphatic carboxylic acids is 1. The van der Waals surface area contributed by atoms with Crippen molar-refractivity contribution >= 4 is 11.9 Å². The van der Waals surface area contributed by atoms with Crippen molar-refractivity contribution in [3.63, 3.8) is 0 Å². The Hall–Kier alpha value is -1.06. The zero-order chi connectivity index (χ0) is 27.2. The molecule has 0 radical (unpaired) electrons. The number of unbranched alkanes of at least 4 members (excludes halogenated alkanes) is 23. The Morgan fingerprint density at radius 2 is 0.838 bits per heavy atom. The van der Waals surface area contributed by atoms with Gasteiger partial charge in [-0.2, -0.15) is 0 Å². The molecule has 1 unspecified atom stereocenters. The third-order valence-corrected chi connectivity index (χ3v) is 7.57. The molecule has 0 spiro atoms. The predicted molar refractivity (Wildman–Crippen MR) is 158 cm³/mol. The molecule has 0 aliphatic heterocycles. The van der Waals surface area contributed by atoms with E-state index in [0.717, 1.165) is 12.8 Å². The van der Waals surface area contributed by atoms with E-state index in [1.165, 1.54) is 141 Å². The second kappa shape index (κ2) is 29.5. The van der Waals surface area contributed by atoms with Crippen molar-refractivity contribution in [2.75, 3.05) is 0 Å². The van der Waals surface area contributed by atoms with Crippen LogP contribution in [-0.4, -0.2) is 23.1 Å². The molecular weight excluding hydrogens is 460 g/mol. The average Bonchev–Trinajstić information content (AvgIpc) is 2.86. The van der Waals surface area contributed by atoms with E-state index >= 15 is 0 Å². The molecular formula is C33H64O4.